The summed E-state index contributed by atoms with van der Waals surface area (Å²) >= 11 is 0. The quantitative estimate of drug-likeness (QED) is 0.437. The summed E-state index contributed by atoms with van der Waals surface area (Å²) in [4.78, 5) is 4.62. The van der Waals surface area contributed by atoms with E-state index in [-0.39, 0.29) is 17.9 Å². The van der Waals surface area contributed by atoms with Crippen LogP contribution in [-0.4, -0.2) is 46.2 Å². The van der Waals surface area contributed by atoms with Gasteiger partial charge in [-0.3, -0.25) is 0 Å². The highest BCUT2D eigenvalue weighted by atomic mass is 32.2. The Labute approximate surface area is 163 Å². The Bertz CT molecular complexity index is 713. The van der Waals surface area contributed by atoms with Crippen molar-refractivity contribution in [3.05, 3.63) is 35.4 Å². The molecular formula is C19H32N4O3S. The van der Waals surface area contributed by atoms with Crippen molar-refractivity contribution in [3.8, 4) is 0 Å². The zero-order valence-corrected chi connectivity index (χ0v) is 17.3. The summed E-state index contributed by atoms with van der Waals surface area (Å²) in [5.74, 6) is 0.669. The highest BCUT2D eigenvalue weighted by molar-refractivity contribution is 7.88. The van der Waals surface area contributed by atoms with Gasteiger partial charge >= 0.3 is 0 Å². The molecule has 27 heavy (non-hydrogen) atoms. The molecule has 1 aliphatic heterocycles. The van der Waals surface area contributed by atoms with Crippen molar-refractivity contribution in [2.24, 2.45) is 4.99 Å². The van der Waals surface area contributed by atoms with Crippen LogP contribution in [0.1, 0.15) is 44.7 Å². The molecule has 2 rings (SSSR count). The molecule has 0 aromatic heterocycles. The Morgan fingerprint density at radius 2 is 2.00 bits per heavy atom. The number of ether oxygens (including phenoxy) is 1. The maximum Gasteiger partial charge on any atom is 0.216 e. The first kappa shape index (κ1) is 21.7. The van der Waals surface area contributed by atoms with Gasteiger partial charge < -0.3 is 15.4 Å². The first-order valence-corrected chi connectivity index (χ1v) is 11.3. The molecular weight excluding hydrogens is 364 g/mol. The predicted octanol–water partition coefficient (Wildman–Crippen LogP) is 1.75. The van der Waals surface area contributed by atoms with Crippen LogP contribution in [0.2, 0.25) is 0 Å². The number of rotatable bonds is 9. The molecule has 152 valence electrons. The van der Waals surface area contributed by atoms with E-state index in [1.54, 1.807) is 0 Å². The maximum atomic E-state index is 12.3. The van der Waals surface area contributed by atoms with Gasteiger partial charge in [0, 0.05) is 25.7 Å². The number of guanidine groups is 1. The SMILES string of the molecule is CCNC(=NCc1ccccc1CS(=O)(=O)NC(C)C)NCC1CCCO1. The van der Waals surface area contributed by atoms with E-state index < -0.39 is 10.0 Å². The number of nitrogens with zero attached hydrogens (tertiary/aromatic N) is 1. The van der Waals surface area contributed by atoms with Gasteiger partial charge in [-0.1, -0.05) is 24.3 Å². The second-order valence-electron chi connectivity index (χ2n) is 7.01. The van der Waals surface area contributed by atoms with Gasteiger partial charge in [-0.2, -0.15) is 0 Å². The molecule has 0 amide bonds. The minimum absolute atomic E-state index is 0.0449. The monoisotopic (exact) mass is 396 g/mol. The minimum atomic E-state index is -3.37. The number of sulfonamides is 1. The number of hydrogen-bond acceptors (Lipinski definition) is 4. The van der Waals surface area contributed by atoms with Crippen LogP contribution in [0.4, 0.5) is 0 Å². The Morgan fingerprint density at radius 3 is 2.63 bits per heavy atom. The van der Waals surface area contributed by atoms with Gasteiger partial charge in [0.05, 0.1) is 18.4 Å². The third kappa shape index (κ3) is 7.86. The summed E-state index contributed by atoms with van der Waals surface area (Å²) in [6.45, 7) is 8.36. The lowest BCUT2D eigenvalue weighted by atomic mass is 10.1. The summed E-state index contributed by atoms with van der Waals surface area (Å²) in [5, 5.41) is 6.53. The molecule has 1 heterocycles. The Balaban J connectivity index is 2.04. The smallest absolute Gasteiger partial charge is 0.216 e. The third-order valence-corrected chi connectivity index (χ3v) is 5.67. The van der Waals surface area contributed by atoms with E-state index in [1.165, 1.54) is 0 Å². The van der Waals surface area contributed by atoms with E-state index in [4.69, 9.17) is 4.74 Å². The number of nitrogens with one attached hydrogen (secondary N) is 3. The predicted molar refractivity (Wildman–Crippen MR) is 109 cm³/mol. The molecule has 1 aliphatic rings. The second kappa shape index (κ2) is 10.6. The fraction of sp³-hybridized carbons (Fsp3) is 0.632. The molecule has 1 atom stereocenters. The van der Waals surface area contributed by atoms with Gasteiger partial charge in [0.2, 0.25) is 10.0 Å². The number of aliphatic imine (C=N–C) groups is 1. The molecule has 8 heteroatoms. The van der Waals surface area contributed by atoms with Crippen molar-refractivity contribution < 1.29 is 13.2 Å². The molecule has 1 aromatic rings. The lowest BCUT2D eigenvalue weighted by Crippen LogP contribution is -2.41. The van der Waals surface area contributed by atoms with Gasteiger partial charge in [0.1, 0.15) is 0 Å². The zero-order chi connectivity index (χ0) is 19.7. The lowest BCUT2D eigenvalue weighted by molar-refractivity contribution is 0.114. The van der Waals surface area contributed by atoms with Crippen molar-refractivity contribution in [1.29, 1.82) is 0 Å². The van der Waals surface area contributed by atoms with Crippen molar-refractivity contribution in [3.63, 3.8) is 0 Å². The molecule has 7 nitrogen and oxygen atoms in total. The number of benzene rings is 1. The van der Waals surface area contributed by atoms with Gasteiger partial charge in [0.15, 0.2) is 5.96 Å². The molecule has 1 unspecified atom stereocenters. The molecule has 0 bridgehead atoms. The molecule has 0 aliphatic carbocycles. The van der Waals surface area contributed by atoms with E-state index in [0.29, 0.717) is 12.5 Å². The largest absolute Gasteiger partial charge is 0.376 e. The van der Waals surface area contributed by atoms with Crippen molar-refractivity contribution in [1.82, 2.24) is 15.4 Å². The maximum absolute atomic E-state index is 12.3. The van der Waals surface area contributed by atoms with Crippen LogP contribution >= 0.6 is 0 Å². The van der Waals surface area contributed by atoms with Gasteiger partial charge in [-0.15, -0.1) is 0 Å². The summed E-state index contributed by atoms with van der Waals surface area (Å²) in [6.07, 6.45) is 2.40. The Hall–Kier alpha value is -1.64. The second-order valence-corrected chi connectivity index (χ2v) is 8.77. The van der Waals surface area contributed by atoms with Gasteiger partial charge in [-0.25, -0.2) is 18.1 Å². The topological polar surface area (TPSA) is 91.8 Å². The van der Waals surface area contributed by atoms with E-state index in [0.717, 1.165) is 43.7 Å². The highest BCUT2D eigenvalue weighted by Gasteiger charge is 2.16. The molecule has 1 fully saturated rings. The van der Waals surface area contributed by atoms with Crippen LogP contribution < -0.4 is 15.4 Å². The van der Waals surface area contributed by atoms with E-state index in [2.05, 4.69) is 20.3 Å². The van der Waals surface area contributed by atoms with E-state index in [1.807, 2.05) is 45.0 Å². The molecule has 0 spiro atoms. The van der Waals surface area contributed by atoms with Crippen LogP contribution in [0.25, 0.3) is 0 Å². The normalized spacial score (nSPS) is 18.1. The van der Waals surface area contributed by atoms with E-state index >= 15 is 0 Å². The van der Waals surface area contributed by atoms with Crippen LogP contribution in [0.3, 0.4) is 0 Å². The fourth-order valence-corrected chi connectivity index (χ4v) is 4.47. The zero-order valence-electron chi connectivity index (χ0n) is 16.5. The average Bonchev–Trinajstić information content (AvgIpc) is 3.10. The molecule has 1 saturated heterocycles. The van der Waals surface area contributed by atoms with Crippen LogP contribution in [0, 0.1) is 0 Å². The third-order valence-electron chi connectivity index (χ3n) is 4.15. The number of hydrogen-bond donors (Lipinski definition) is 3. The highest BCUT2D eigenvalue weighted by Crippen LogP contribution is 2.14. The van der Waals surface area contributed by atoms with Gasteiger partial charge in [0.25, 0.3) is 0 Å². The molecule has 0 radical (unpaired) electrons. The van der Waals surface area contributed by atoms with E-state index in [9.17, 15) is 8.42 Å². The average molecular weight is 397 g/mol. The molecule has 3 N–H and O–H groups in total. The Kier molecular flexibility index (Phi) is 8.53. The fourth-order valence-electron chi connectivity index (χ4n) is 2.98. The lowest BCUT2D eigenvalue weighted by Gasteiger charge is -2.15. The van der Waals surface area contributed by atoms with Gasteiger partial charge in [-0.05, 0) is 44.7 Å². The first-order valence-electron chi connectivity index (χ1n) is 9.60. The molecule has 0 saturated carbocycles. The minimum Gasteiger partial charge on any atom is -0.376 e. The first-order chi connectivity index (χ1) is 12.9. The summed E-state index contributed by atoms with van der Waals surface area (Å²) in [5.41, 5.74) is 1.67. The molecule has 1 aromatic carbocycles. The van der Waals surface area contributed by atoms with Crippen molar-refractivity contribution in [2.75, 3.05) is 19.7 Å². The van der Waals surface area contributed by atoms with Crippen LogP contribution in [-0.2, 0) is 27.1 Å². The summed E-state index contributed by atoms with van der Waals surface area (Å²) < 4.78 is 32.8. The Morgan fingerprint density at radius 1 is 1.26 bits per heavy atom. The summed E-state index contributed by atoms with van der Waals surface area (Å²) in [7, 11) is -3.37. The van der Waals surface area contributed by atoms with Crippen molar-refractivity contribution >= 4 is 16.0 Å². The van der Waals surface area contributed by atoms with Crippen molar-refractivity contribution in [2.45, 2.75) is 58.1 Å². The van der Waals surface area contributed by atoms with Crippen LogP contribution in [0.5, 0.6) is 0 Å². The van der Waals surface area contributed by atoms with Crippen LogP contribution in [0.15, 0.2) is 29.3 Å². The standard InChI is InChI=1S/C19H32N4O3S/c1-4-20-19(22-13-18-10-7-11-26-18)21-12-16-8-5-6-9-17(16)14-27(24,25)23-15(2)3/h5-6,8-9,15,18,23H,4,7,10-14H2,1-3H3,(H2,20,21,22). The summed E-state index contributed by atoms with van der Waals surface area (Å²) in [6, 6.07) is 7.41.